The maximum atomic E-state index is 11.8. The molecule has 0 unspecified atom stereocenters. The summed E-state index contributed by atoms with van der Waals surface area (Å²) in [6.45, 7) is 0. The van der Waals surface area contributed by atoms with Crippen LogP contribution in [0.5, 0.6) is 0 Å². The van der Waals surface area contributed by atoms with Crippen LogP contribution in [0.3, 0.4) is 0 Å². The molecule has 0 spiro atoms. The van der Waals surface area contributed by atoms with Gasteiger partial charge in [-0.2, -0.15) is 0 Å². The van der Waals surface area contributed by atoms with Crippen molar-refractivity contribution >= 4 is 45.9 Å². The number of thiophene rings is 1. The third-order valence-electron chi connectivity index (χ3n) is 2.45. The minimum atomic E-state index is -0.0897. The topological polar surface area (TPSA) is 41.5 Å². The zero-order valence-corrected chi connectivity index (χ0v) is 11.5. The average Bonchev–Trinajstić information content (AvgIpc) is 3.02. The number of para-hydroxylation sites is 1. The molecule has 5 heteroatoms. The molecule has 1 N–H and O–H groups in total. The van der Waals surface area contributed by atoms with Gasteiger partial charge in [0.15, 0.2) is 5.17 Å². The first-order valence-electron chi connectivity index (χ1n) is 5.69. The second-order valence-electron chi connectivity index (χ2n) is 3.83. The van der Waals surface area contributed by atoms with E-state index in [1.807, 2.05) is 53.9 Å². The molecule has 3 rings (SSSR count). The Labute approximate surface area is 119 Å². The largest absolute Gasteiger partial charge is 0.300 e. The van der Waals surface area contributed by atoms with Gasteiger partial charge in [-0.3, -0.25) is 4.79 Å². The summed E-state index contributed by atoms with van der Waals surface area (Å²) in [7, 11) is 0. The fraction of sp³-hybridized carbons (Fsp3) is 0. The van der Waals surface area contributed by atoms with Crippen LogP contribution in [0, 0.1) is 0 Å². The number of aliphatic imine (C=N–C) groups is 1. The Morgan fingerprint density at radius 1 is 1.11 bits per heavy atom. The van der Waals surface area contributed by atoms with Crippen molar-refractivity contribution in [1.82, 2.24) is 5.32 Å². The van der Waals surface area contributed by atoms with Gasteiger partial charge in [-0.15, -0.1) is 11.3 Å². The highest BCUT2D eigenvalue weighted by molar-refractivity contribution is 8.18. The fourth-order valence-electron chi connectivity index (χ4n) is 1.60. The van der Waals surface area contributed by atoms with E-state index >= 15 is 0 Å². The number of benzene rings is 1. The zero-order chi connectivity index (χ0) is 13.1. The highest BCUT2D eigenvalue weighted by Crippen LogP contribution is 2.28. The Morgan fingerprint density at radius 2 is 1.95 bits per heavy atom. The molecule has 0 bridgehead atoms. The first-order valence-corrected chi connectivity index (χ1v) is 7.39. The van der Waals surface area contributed by atoms with Gasteiger partial charge in [-0.25, -0.2) is 4.99 Å². The van der Waals surface area contributed by atoms with Crippen LogP contribution in [-0.2, 0) is 4.79 Å². The van der Waals surface area contributed by atoms with Crippen molar-refractivity contribution < 1.29 is 4.79 Å². The lowest BCUT2D eigenvalue weighted by atomic mass is 10.3. The third kappa shape index (κ3) is 2.94. The van der Waals surface area contributed by atoms with Crippen LogP contribution in [-0.4, -0.2) is 11.1 Å². The first kappa shape index (κ1) is 12.2. The molecular formula is C14H10N2OS2. The molecule has 0 saturated carbocycles. The Kier molecular flexibility index (Phi) is 3.48. The average molecular weight is 286 g/mol. The van der Waals surface area contributed by atoms with E-state index in [0.29, 0.717) is 10.1 Å². The fourth-order valence-corrected chi connectivity index (χ4v) is 3.17. The van der Waals surface area contributed by atoms with Gasteiger partial charge in [-0.1, -0.05) is 24.3 Å². The molecule has 0 atom stereocenters. The van der Waals surface area contributed by atoms with Crippen LogP contribution >= 0.6 is 23.1 Å². The summed E-state index contributed by atoms with van der Waals surface area (Å²) < 4.78 is 0. The molecule has 0 radical (unpaired) electrons. The van der Waals surface area contributed by atoms with Crippen LogP contribution in [0.2, 0.25) is 0 Å². The number of amidine groups is 1. The summed E-state index contributed by atoms with van der Waals surface area (Å²) >= 11 is 2.98. The summed E-state index contributed by atoms with van der Waals surface area (Å²) in [4.78, 5) is 18.0. The molecule has 1 aliphatic heterocycles. The smallest absolute Gasteiger partial charge is 0.264 e. The van der Waals surface area contributed by atoms with E-state index in [1.165, 1.54) is 11.8 Å². The number of carbonyl (C=O) groups excluding carboxylic acids is 1. The molecule has 2 heterocycles. The highest BCUT2D eigenvalue weighted by Gasteiger charge is 2.23. The van der Waals surface area contributed by atoms with Gasteiger partial charge in [0.2, 0.25) is 0 Å². The van der Waals surface area contributed by atoms with Crippen LogP contribution in [0.25, 0.3) is 6.08 Å². The Balaban J connectivity index is 1.82. The molecule has 3 nitrogen and oxygen atoms in total. The molecule has 1 fully saturated rings. The summed E-state index contributed by atoms with van der Waals surface area (Å²) in [5, 5.41) is 5.39. The lowest BCUT2D eigenvalue weighted by molar-refractivity contribution is -0.115. The summed E-state index contributed by atoms with van der Waals surface area (Å²) in [6.07, 6.45) is 1.89. The van der Waals surface area contributed by atoms with Gasteiger partial charge >= 0.3 is 0 Å². The number of hydrogen-bond acceptors (Lipinski definition) is 4. The molecule has 1 aromatic carbocycles. The quantitative estimate of drug-likeness (QED) is 0.856. The predicted octanol–water partition coefficient (Wildman–Crippen LogP) is 3.64. The molecule has 1 amide bonds. The van der Waals surface area contributed by atoms with Crippen LogP contribution < -0.4 is 5.32 Å². The monoisotopic (exact) mass is 286 g/mol. The maximum Gasteiger partial charge on any atom is 0.264 e. The first-order chi connectivity index (χ1) is 9.31. The lowest BCUT2D eigenvalue weighted by Gasteiger charge is -1.94. The minimum Gasteiger partial charge on any atom is -0.300 e. The van der Waals surface area contributed by atoms with Gasteiger partial charge in [0, 0.05) is 4.88 Å². The summed E-state index contributed by atoms with van der Waals surface area (Å²) in [6, 6.07) is 13.5. The van der Waals surface area contributed by atoms with Gasteiger partial charge in [0.05, 0.1) is 10.6 Å². The Bertz CT molecular complexity index is 645. The maximum absolute atomic E-state index is 11.8. The van der Waals surface area contributed by atoms with Crippen molar-refractivity contribution in [3.63, 3.8) is 0 Å². The highest BCUT2D eigenvalue weighted by atomic mass is 32.2. The van der Waals surface area contributed by atoms with Crippen LogP contribution in [0.4, 0.5) is 5.69 Å². The van der Waals surface area contributed by atoms with E-state index in [2.05, 4.69) is 10.3 Å². The number of thioether (sulfide) groups is 1. The van der Waals surface area contributed by atoms with Crippen molar-refractivity contribution in [3.8, 4) is 0 Å². The lowest BCUT2D eigenvalue weighted by Crippen LogP contribution is -2.19. The molecular weight excluding hydrogens is 276 g/mol. The third-order valence-corrected chi connectivity index (χ3v) is 4.18. The molecule has 19 heavy (non-hydrogen) atoms. The number of hydrogen-bond donors (Lipinski definition) is 1. The van der Waals surface area contributed by atoms with Gasteiger partial charge in [0.25, 0.3) is 5.91 Å². The van der Waals surface area contributed by atoms with Crippen LogP contribution in [0.15, 0.2) is 57.7 Å². The second kappa shape index (κ2) is 5.42. The number of carbonyl (C=O) groups is 1. The molecule has 1 aromatic heterocycles. The van der Waals surface area contributed by atoms with Crippen molar-refractivity contribution in [2.24, 2.45) is 4.99 Å². The van der Waals surface area contributed by atoms with E-state index in [4.69, 9.17) is 0 Å². The molecule has 1 aliphatic rings. The van der Waals surface area contributed by atoms with E-state index in [-0.39, 0.29) is 5.91 Å². The molecule has 94 valence electrons. The number of nitrogens with zero attached hydrogens (tertiary/aromatic N) is 1. The van der Waals surface area contributed by atoms with E-state index < -0.39 is 0 Å². The van der Waals surface area contributed by atoms with Gasteiger partial charge in [0.1, 0.15) is 0 Å². The van der Waals surface area contributed by atoms with Gasteiger partial charge < -0.3 is 5.32 Å². The van der Waals surface area contributed by atoms with Crippen molar-refractivity contribution in [3.05, 3.63) is 57.6 Å². The summed E-state index contributed by atoms with van der Waals surface area (Å²) in [5.41, 5.74) is 0.836. The minimum absolute atomic E-state index is 0.0897. The summed E-state index contributed by atoms with van der Waals surface area (Å²) in [5.74, 6) is -0.0897. The van der Waals surface area contributed by atoms with E-state index in [9.17, 15) is 4.79 Å². The number of amides is 1. The molecule has 1 saturated heterocycles. The van der Waals surface area contributed by atoms with Gasteiger partial charge in [-0.05, 0) is 41.4 Å². The number of rotatable bonds is 2. The van der Waals surface area contributed by atoms with Crippen molar-refractivity contribution in [2.45, 2.75) is 0 Å². The standard InChI is InChI=1S/C14H10N2OS2/c17-13-12(9-11-7-4-8-18-11)19-14(16-13)15-10-5-2-1-3-6-10/h1-9H,(H,15,16,17)/b12-9-. The van der Waals surface area contributed by atoms with Crippen molar-refractivity contribution in [2.75, 3.05) is 0 Å². The normalized spacial score (nSPS) is 19.1. The predicted molar refractivity (Wildman–Crippen MR) is 81.6 cm³/mol. The zero-order valence-electron chi connectivity index (χ0n) is 9.87. The van der Waals surface area contributed by atoms with E-state index in [0.717, 1.165) is 10.6 Å². The Morgan fingerprint density at radius 3 is 2.68 bits per heavy atom. The second-order valence-corrected chi connectivity index (χ2v) is 5.84. The molecule has 2 aromatic rings. The molecule has 0 aliphatic carbocycles. The SMILES string of the molecule is O=C1NC(=Nc2ccccc2)S/C1=C\c1cccs1. The van der Waals surface area contributed by atoms with Crippen molar-refractivity contribution in [1.29, 1.82) is 0 Å². The van der Waals surface area contributed by atoms with E-state index in [1.54, 1.807) is 11.3 Å². The van der Waals surface area contributed by atoms with Crippen LogP contribution in [0.1, 0.15) is 4.88 Å². The number of nitrogens with one attached hydrogen (secondary N) is 1. The Hall–Kier alpha value is -1.85.